The Morgan fingerprint density at radius 3 is 2.72 bits per heavy atom. The molecule has 0 heterocycles. The van der Waals surface area contributed by atoms with Gasteiger partial charge in [-0.1, -0.05) is 29.8 Å². The van der Waals surface area contributed by atoms with Crippen molar-refractivity contribution in [3.63, 3.8) is 0 Å². The van der Waals surface area contributed by atoms with E-state index in [1.54, 1.807) is 4.90 Å². The molecule has 2 N–H and O–H groups in total. The SMILES string of the molecule is Cc1cccc(CN(C)C(=O)C(C)(N)C2CC2)c1. The summed E-state index contributed by atoms with van der Waals surface area (Å²) < 4.78 is 0. The van der Waals surface area contributed by atoms with E-state index in [4.69, 9.17) is 5.73 Å². The van der Waals surface area contributed by atoms with Gasteiger partial charge in [0.05, 0.1) is 5.54 Å². The summed E-state index contributed by atoms with van der Waals surface area (Å²) in [5.41, 5.74) is 7.83. The number of nitrogens with zero attached hydrogens (tertiary/aromatic N) is 1. The number of hydrogen-bond donors (Lipinski definition) is 1. The summed E-state index contributed by atoms with van der Waals surface area (Å²) in [6.45, 7) is 4.54. The maximum atomic E-state index is 12.3. The van der Waals surface area contributed by atoms with Gasteiger partial charge in [0.15, 0.2) is 0 Å². The Kier molecular flexibility index (Phi) is 3.44. The van der Waals surface area contributed by atoms with Crippen LogP contribution in [0, 0.1) is 12.8 Å². The van der Waals surface area contributed by atoms with Crippen LogP contribution >= 0.6 is 0 Å². The van der Waals surface area contributed by atoms with E-state index in [0.29, 0.717) is 12.5 Å². The van der Waals surface area contributed by atoms with Crippen LogP contribution in [0.4, 0.5) is 0 Å². The van der Waals surface area contributed by atoms with Crippen molar-refractivity contribution in [1.82, 2.24) is 4.90 Å². The number of likely N-dealkylation sites (N-methyl/N-ethyl adjacent to an activating group) is 1. The number of nitrogens with two attached hydrogens (primary N) is 1. The van der Waals surface area contributed by atoms with Crippen LogP contribution in [-0.4, -0.2) is 23.4 Å². The van der Waals surface area contributed by atoms with E-state index in [1.807, 2.05) is 26.1 Å². The predicted molar refractivity (Wildman–Crippen MR) is 73.0 cm³/mol. The number of benzene rings is 1. The van der Waals surface area contributed by atoms with Crippen molar-refractivity contribution >= 4 is 5.91 Å². The second-order valence-electron chi connectivity index (χ2n) is 5.71. The first-order valence-corrected chi connectivity index (χ1v) is 6.51. The van der Waals surface area contributed by atoms with Crippen LogP contribution in [-0.2, 0) is 11.3 Å². The third kappa shape index (κ3) is 2.72. The molecule has 1 aliphatic carbocycles. The van der Waals surface area contributed by atoms with Crippen LogP contribution in [0.25, 0.3) is 0 Å². The van der Waals surface area contributed by atoms with Crippen molar-refractivity contribution in [2.75, 3.05) is 7.05 Å². The molecule has 98 valence electrons. The summed E-state index contributed by atoms with van der Waals surface area (Å²) in [5.74, 6) is 0.413. The summed E-state index contributed by atoms with van der Waals surface area (Å²) in [6.07, 6.45) is 2.16. The minimum absolute atomic E-state index is 0.0477. The molecule has 1 aliphatic rings. The van der Waals surface area contributed by atoms with Crippen LogP contribution in [0.3, 0.4) is 0 Å². The molecule has 0 saturated heterocycles. The summed E-state index contributed by atoms with van der Waals surface area (Å²) in [5, 5.41) is 0. The van der Waals surface area contributed by atoms with Gasteiger partial charge >= 0.3 is 0 Å². The number of carbonyl (C=O) groups is 1. The fourth-order valence-corrected chi connectivity index (χ4v) is 2.43. The molecule has 0 aliphatic heterocycles. The molecular formula is C15H22N2O. The average molecular weight is 246 g/mol. The fraction of sp³-hybridized carbons (Fsp3) is 0.533. The largest absolute Gasteiger partial charge is 0.340 e. The van der Waals surface area contributed by atoms with Crippen LogP contribution in [0.15, 0.2) is 24.3 Å². The lowest BCUT2D eigenvalue weighted by Gasteiger charge is -2.29. The molecule has 0 bridgehead atoms. The zero-order chi connectivity index (χ0) is 13.3. The second-order valence-corrected chi connectivity index (χ2v) is 5.71. The average Bonchev–Trinajstić information content (AvgIpc) is 3.11. The van der Waals surface area contributed by atoms with E-state index < -0.39 is 5.54 Å². The second kappa shape index (κ2) is 4.73. The third-order valence-electron chi connectivity index (χ3n) is 3.74. The Morgan fingerprint density at radius 2 is 2.17 bits per heavy atom. The minimum Gasteiger partial charge on any atom is -0.340 e. The highest BCUT2D eigenvalue weighted by atomic mass is 16.2. The zero-order valence-corrected chi connectivity index (χ0v) is 11.4. The van der Waals surface area contributed by atoms with Crippen LogP contribution in [0.1, 0.15) is 30.9 Å². The summed E-state index contributed by atoms with van der Waals surface area (Å²) >= 11 is 0. The smallest absolute Gasteiger partial charge is 0.242 e. The van der Waals surface area contributed by atoms with Crippen LogP contribution in [0.5, 0.6) is 0 Å². The number of aryl methyl sites for hydroxylation is 1. The Morgan fingerprint density at radius 1 is 1.50 bits per heavy atom. The number of hydrogen-bond acceptors (Lipinski definition) is 2. The summed E-state index contributed by atoms with van der Waals surface area (Å²) in [7, 11) is 1.83. The van der Waals surface area contributed by atoms with Gasteiger partial charge in [0.25, 0.3) is 0 Å². The van der Waals surface area contributed by atoms with E-state index in [0.717, 1.165) is 18.4 Å². The van der Waals surface area contributed by atoms with Crippen molar-refractivity contribution in [3.05, 3.63) is 35.4 Å². The van der Waals surface area contributed by atoms with E-state index in [1.165, 1.54) is 5.56 Å². The zero-order valence-electron chi connectivity index (χ0n) is 11.4. The Balaban J connectivity index is 2.03. The number of carbonyl (C=O) groups excluding carboxylic acids is 1. The van der Waals surface area contributed by atoms with Gasteiger partial charge in [0.1, 0.15) is 0 Å². The molecule has 0 spiro atoms. The molecule has 3 heteroatoms. The minimum atomic E-state index is -0.696. The van der Waals surface area contributed by atoms with Gasteiger partial charge in [0, 0.05) is 13.6 Å². The molecule has 1 unspecified atom stereocenters. The lowest BCUT2D eigenvalue weighted by molar-refractivity contribution is -0.136. The van der Waals surface area contributed by atoms with Gasteiger partial charge in [-0.15, -0.1) is 0 Å². The van der Waals surface area contributed by atoms with E-state index in [-0.39, 0.29) is 5.91 Å². The van der Waals surface area contributed by atoms with Gasteiger partial charge in [-0.2, -0.15) is 0 Å². The van der Waals surface area contributed by atoms with Gasteiger partial charge < -0.3 is 10.6 Å². The Hall–Kier alpha value is -1.35. The van der Waals surface area contributed by atoms with Crippen LogP contribution in [0.2, 0.25) is 0 Å². The molecule has 2 rings (SSSR count). The normalized spacial score (nSPS) is 18.2. The molecule has 18 heavy (non-hydrogen) atoms. The Labute approximate surface area is 109 Å². The highest BCUT2D eigenvalue weighted by molar-refractivity contribution is 5.86. The molecule has 3 nitrogen and oxygen atoms in total. The van der Waals surface area contributed by atoms with Crippen molar-refractivity contribution in [2.24, 2.45) is 11.7 Å². The van der Waals surface area contributed by atoms with Crippen molar-refractivity contribution in [2.45, 2.75) is 38.8 Å². The van der Waals surface area contributed by atoms with E-state index >= 15 is 0 Å². The predicted octanol–water partition coefficient (Wildman–Crippen LogP) is 2.08. The van der Waals surface area contributed by atoms with Gasteiger partial charge in [-0.3, -0.25) is 4.79 Å². The molecule has 1 aromatic carbocycles. The first-order chi connectivity index (χ1) is 8.41. The lowest BCUT2D eigenvalue weighted by atomic mass is 9.95. The van der Waals surface area contributed by atoms with Gasteiger partial charge in [-0.25, -0.2) is 0 Å². The maximum absolute atomic E-state index is 12.3. The monoisotopic (exact) mass is 246 g/mol. The first-order valence-electron chi connectivity index (χ1n) is 6.51. The maximum Gasteiger partial charge on any atom is 0.242 e. The third-order valence-corrected chi connectivity index (χ3v) is 3.74. The van der Waals surface area contributed by atoms with Gasteiger partial charge in [0.2, 0.25) is 5.91 Å². The molecule has 1 fully saturated rings. The molecule has 0 radical (unpaired) electrons. The van der Waals surface area contributed by atoms with E-state index in [9.17, 15) is 4.79 Å². The standard InChI is InChI=1S/C15H22N2O/c1-11-5-4-6-12(9-11)10-17(3)14(18)15(2,16)13-7-8-13/h4-6,9,13H,7-8,10,16H2,1-3H3. The topological polar surface area (TPSA) is 46.3 Å². The fourth-order valence-electron chi connectivity index (χ4n) is 2.43. The highest BCUT2D eigenvalue weighted by Crippen LogP contribution is 2.38. The Bertz CT molecular complexity index is 450. The number of rotatable bonds is 4. The van der Waals surface area contributed by atoms with Crippen molar-refractivity contribution < 1.29 is 4.79 Å². The summed E-state index contributed by atoms with van der Waals surface area (Å²) in [6, 6.07) is 8.23. The molecule has 1 amide bonds. The molecule has 0 aromatic heterocycles. The van der Waals surface area contributed by atoms with Gasteiger partial charge in [-0.05, 0) is 38.2 Å². The molecule has 1 atom stereocenters. The lowest BCUT2D eigenvalue weighted by Crippen LogP contribution is -2.53. The first kappa shape index (κ1) is 13.1. The highest BCUT2D eigenvalue weighted by Gasteiger charge is 2.45. The van der Waals surface area contributed by atoms with Crippen molar-refractivity contribution in [1.29, 1.82) is 0 Å². The number of amides is 1. The molecule has 1 aromatic rings. The molecular weight excluding hydrogens is 224 g/mol. The quantitative estimate of drug-likeness (QED) is 0.884. The summed E-state index contributed by atoms with van der Waals surface area (Å²) in [4.78, 5) is 14.1. The van der Waals surface area contributed by atoms with Crippen LogP contribution < -0.4 is 5.73 Å². The van der Waals surface area contributed by atoms with Crippen molar-refractivity contribution in [3.8, 4) is 0 Å². The van der Waals surface area contributed by atoms with E-state index in [2.05, 4.69) is 19.1 Å². The molecule has 1 saturated carbocycles.